The van der Waals surface area contributed by atoms with E-state index >= 15 is 0 Å². The summed E-state index contributed by atoms with van der Waals surface area (Å²) >= 11 is 3.74. The van der Waals surface area contributed by atoms with Gasteiger partial charge in [0.2, 0.25) is 0 Å². The number of alkyl halides is 1. The van der Waals surface area contributed by atoms with Gasteiger partial charge in [-0.05, 0) is 23.5 Å². The first-order valence-corrected chi connectivity index (χ1v) is 6.12. The Hall–Kier alpha value is -0.500. The lowest BCUT2D eigenvalue weighted by molar-refractivity contribution is 0.384. The van der Waals surface area contributed by atoms with Gasteiger partial charge in [0.15, 0.2) is 0 Å². The first-order valence-electron chi connectivity index (χ1n) is 5.21. The number of hydrogen-bond donors (Lipinski definition) is 0. The summed E-state index contributed by atoms with van der Waals surface area (Å²) in [7, 11) is 1.72. The normalized spacial score (nSPS) is 13.7. The largest absolute Gasteiger partial charge is 0.496 e. The van der Waals surface area contributed by atoms with Crippen LogP contribution in [0.1, 0.15) is 26.3 Å². The number of ether oxygens (including phenoxy) is 1. The molecule has 0 radical (unpaired) electrons. The number of benzene rings is 1. The summed E-state index contributed by atoms with van der Waals surface area (Å²) in [5, 5.41) is 0. The Morgan fingerprint density at radius 2 is 1.87 bits per heavy atom. The van der Waals surface area contributed by atoms with Gasteiger partial charge < -0.3 is 4.74 Å². The second kappa shape index (κ2) is 5.02. The van der Waals surface area contributed by atoms with Gasteiger partial charge in [0.25, 0.3) is 0 Å². The highest BCUT2D eigenvalue weighted by Gasteiger charge is 2.22. The topological polar surface area (TPSA) is 9.23 Å². The molecule has 1 atom stereocenters. The van der Waals surface area contributed by atoms with E-state index < -0.39 is 0 Å². The molecule has 0 fully saturated rings. The van der Waals surface area contributed by atoms with Crippen LogP contribution in [-0.2, 0) is 6.42 Å². The van der Waals surface area contributed by atoms with Crippen molar-refractivity contribution in [1.82, 2.24) is 0 Å². The molecule has 0 aromatic heterocycles. The smallest absolute Gasteiger partial charge is 0.122 e. The molecule has 1 rings (SSSR count). The molecule has 84 valence electrons. The highest BCUT2D eigenvalue weighted by Crippen LogP contribution is 2.31. The lowest BCUT2D eigenvalue weighted by Gasteiger charge is -2.26. The van der Waals surface area contributed by atoms with E-state index in [9.17, 15) is 0 Å². The average Bonchev–Trinajstić information content (AvgIpc) is 2.17. The molecule has 0 saturated heterocycles. The molecule has 0 aliphatic rings. The van der Waals surface area contributed by atoms with Crippen LogP contribution < -0.4 is 4.74 Å². The van der Waals surface area contributed by atoms with Gasteiger partial charge in [-0.15, -0.1) is 0 Å². The number of methoxy groups -OCH3 is 1. The molecule has 0 amide bonds. The lowest BCUT2D eigenvalue weighted by atomic mass is 9.88. The lowest BCUT2D eigenvalue weighted by Crippen LogP contribution is -2.22. The number of rotatable bonds is 3. The molecule has 0 bridgehead atoms. The number of halogens is 1. The van der Waals surface area contributed by atoms with E-state index in [1.165, 1.54) is 5.56 Å². The Balaban J connectivity index is 2.80. The number of para-hydroxylation sites is 1. The van der Waals surface area contributed by atoms with Gasteiger partial charge in [-0.3, -0.25) is 0 Å². The van der Waals surface area contributed by atoms with Crippen molar-refractivity contribution < 1.29 is 4.74 Å². The fourth-order valence-corrected chi connectivity index (χ4v) is 1.72. The summed E-state index contributed by atoms with van der Waals surface area (Å²) in [6.07, 6.45) is 0.994. The molecule has 1 aromatic rings. The minimum Gasteiger partial charge on any atom is -0.496 e. The van der Waals surface area contributed by atoms with Crippen LogP contribution in [0.2, 0.25) is 0 Å². The standard InChI is InChI=1S/C13H19BrO/c1-13(2,3)12(14)9-10-7-5-6-8-11(10)15-4/h5-8,12H,9H2,1-4H3. The van der Waals surface area contributed by atoms with E-state index in [0.29, 0.717) is 4.83 Å². The predicted octanol–water partition coefficient (Wildman–Crippen LogP) is 4.05. The molecule has 1 aromatic carbocycles. The Morgan fingerprint density at radius 1 is 1.27 bits per heavy atom. The van der Waals surface area contributed by atoms with Crippen molar-refractivity contribution in [2.75, 3.05) is 7.11 Å². The minimum absolute atomic E-state index is 0.265. The zero-order valence-corrected chi connectivity index (χ0v) is 11.5. The number of hydrogen-bond acceptors (Lipinski definition) is 1. The van der Waals surface area contributed by atoms with Crippen molar-refractivity contribution in [2.45, 2.75) is 32.0 Å². The Labute approximate surface area is 101 Å². The first-order chi connectivity index (χ1) is 6.95. The van der Waals surface area contributed by atoms with Crippen molar-refractivity contribution in [1.29, 1.82) is 0 Å². The van der Waals surface area contributed by atoms with Crippen LogP contribution in [0.25, 0.3) is 0 Å². The molecule has 0 aliphatic carbocycles. The predicted molar refractivity (Wildman–Crippen MR) is 68.9 cm³/mol. The van der Waals surface area contributed by atoms with Gasteiger partial charge in [0.05, 0.1) is 7.11 Å². The van der Waals surface area contributed by atoms with Crippen molar-refractivity contribution >= 4 is 15.9 Å². The van der Waals surface area contributed by atoms with Gasteiger partial charge in [-0.25, -0.2) is 0 Å². The van der Waals surface area contributed by atoms with E-state index in [1.807, 2.05) is 12.1 Å². The average molecular weight is 271 g/mol. The summed E-state index contributed by atoms with van der Waals surface area (Å²) in [4.78, 5) is 0.460. The molecule has 2 heteroatoms. The summed E-state index contributed by atoms with van der Waals surface area (Å²) in [5.74, 6) is 0.978. The molecule has 1 nitrogen and oxygen atoms in total. The van der Waals surface area contributed by atoms with Crippen molar-refractivity contribution in [3.63, 3.8) is 0 Å². The fourth-order valence-electron chi connectivity index (χ4n) is 1.37. The van der Waals surface area contributed by atoms with E-state index in [4.69, 9.17) is 4.74 Å². The Bertz CT molecular complexity index is 315. The Kier molecular flexibility index (Phi) is 4.21. The van der Waals surface area contributed by atoms with E-state index in [-0.39, 0.29) is 5.41 Å². The van der Waals surface area contributed by atoms with Crippen LogP contribution in [0.5, 0.6) is 5.75 Å². The van der Waals surface area contributed by atoms with E-state index in [1.54, 1.807) is 7.11 Å². The van der Waals surface area contributed by atoms with E-state index in [0.717, 1.165) is 12.2 Å². The van der Waals surface area contributed by atoms with Crippen molar-refractivity contribution in [3.05, 3.63) is 29.8 Å². The van der Waals surface area contributed by atoms with Crippen LogP contribution in [0.4, 0.5) is 0 Å². The summed E-state index contributed by atoms with van der Waals surface area (Å²) < 4.78 is 5.34. The van der Waals surface area contributed by atoms with Gasteiger partial charge in [-0.1, -0.05) is 54.9 Å². The summed E-state index contributed by atoms with van der Waals surface area (Å²) in [6, 6.07) is 8.19. The fraction of sp³-hybridized carbons (Fsp3) is 0.538. The maximum atomic E-state index is 5.34. The molecular weight excluding hydrogens is 252 g/mol. The van der Waals surface area contributed by atoms with Gasteiger partial charge >= 0.3 is 0 Å². The quantitative estimate of drug-likeness (QED) is 0.754. The third kappa shape index (κ3) is 3.53. The van der Waals surface area contributed by atoms with Crippen LogP contribution in [0.15, 0.2) is 24.3 Å². The molecule has 15 heavy (non-hydrogen) atoms. The highest BCUT2D eigenvalue weighted by atomic mass is 79.9. The zero-order chi connectivity index (χ0) is 11.5. The maximum Gasteiger partial charge on any atom is 0.122 e. The minimum atomic E-state index is 0.265. The second-order valence-corrected chi connectivity index (χ2v) is 5.95. The highest BCUT2D eigenvalue weighted by molar-refractivity contribution is 9.09. The van der Waals surface area contributed by atoms with Crippen molar-refractivity contribution in [3.8, 4) is 5.75 Å². The van der Waals surface area contributed by atoms with Crippen molar-refractivity contribution in [2.24, 2.45) is 5.41 Å². The maximum absolute atomic E-state index is 5.34. The van der Waals surface area contributed by atoms with Gasteiger partial charge in [0, 0.05) is 4.83 Å². The molecule has 1 unspecified atom stereocenters. The molecule has 0 saturated carbocycles. The molecule has 0 aliphatic heterocycles. The summed E-state index contributed by atoms with van der Waals surface area (Å²) in [5.41, 5.74) is 1.53. The SMILES string of the molecule is COc1ccccc1CC(Br)C(C)(C)C. The molecule has 0 N–H and O–H groups in total. The molecule has 0 heterocycles. The summed E-state index contributed by atoms with van der Waals surface area (Å²) in [6.45, 7) is 6.71. The molecular formula is C13H19BrO. The Morgan fingerprint density at radius 3 is 2.40 bits per heavy atom. The second-order valence-electron chi connectivity index (χ2n) is 4.85. The van der Waals surface area contributed by atoms with Crippen LogP contribution in [0, 0.1) is 5.41 Å². The van der Waals surface area contributed by atoms with E-state index in [2.05, 4.69) is 48.8 Å². The monoisotopic (exact) mass is 270 g/mol. The first kappa shape index (κ1) is 12.6. The third-order valence-electron chi connectivity index (χ3n) is 2.53. The third-order valence-corrected chi connectivity index (χ3v) is 4.23. The van der Waals surface area contributed by atoms with Crippen LogP contribution >= 0.6 is 15.9 Å². The van der Waals surface area contributed by atoms with Gasteiger partial charge in [0.1, 0.15) is 5.75 Å². The zero-order valence-electron chi connectivity index (χ0n) is 9.88. The molecule has 0 spiro atoms. The van der Waals surface area contributed by atoms with Crippen LogP contribution in [0.3, 0.4) is 0 Å². The van der Waals surface area contributed by atoms with Gasteiger partial charge in [-0.2, -0.15) is 0 Å². The van der Waals surface area contributed by atoms with Crippen LogP contribution in [-0.4, -0.2) is 11.9 Å².